The van der Waals surface area contributed by atoms with Gasteiger partial charge in [-0.2, -0.15) is 0 Å². The molecular weight excluding hydrogens is 346 g/mol. The summed E-state index contributed by atoms with van der Waals surface area (Å²) in [7, 11) is 1.92. The van der Waals surface area contributed by atoms with Gasteiger partial charge in [0, 0.05) is 27.7 Å². The number of anilines is 1. The summed E-state index contributed by atoms with van der Waals surface area (Å²) in [6, 6.07) is 8.30. The molecule has 112 valence electrons. The highest BCUT2D eigenvalue weighted by Crippen LogP contribution is 2.28. The second kappa shape index (κ2) is 7.27. The molecule has 0 fully saturated rings. The van der Waals surface area contributed by atoms with Crippen molar-refractivity contribution in [2.75, 3.05) is 12.4 Å². The lowest BCUT2D eigenvalue weighted by atomic mass is 10.0. The van der Waals surface area contributed by atoms with Gasteiger partial charge in [-0.15, -0.1) is 11.8 Å². The number of rotatable bonds is 5. The highest BCUT2D eigenvalue weighted by molar-refractivity contribution is 9.10. The second-order valence-corrected chi connectivity index (χ2v) is 7.10. The molecule has 1 N–H and O–H groups in total. The van der Waals surface area contributed by atoms with Gasteiger partial charge in [0.05, 0.1) is 5.75 Å². The Bertz CT molecular complexity index is 612. The van der Waals surface area contributed by atoms with Gasteiger partial charge in [0.25, 0.3) is 0 Å². The fourth-order valence-corrected chi connectivity index (χ4v) is 3.28. The van der Waals surface area contributed by atoms with E-state index in [0.29, 0.717) is 5.92 Å². The molecule has 0 bridgehead atoms. The third-order valence-corrected chi connectivity index (χ3v) is 4.71. The summed E-state index contributed by atoms with van der Waals surface area (Å²) in [5.74, 6) is 3.01. The number of thioether (sulfide) groups is 1. The van der Waals surface area contributed by atoms with Crippen molar-refractivity contribution in [3.05, 3.63) is 45.8 Å². The molecule has 0 atom stereocenters. The average molecular weight is 366 g/mol. The molecule has 21 heavy (non-hydrogen) atoms. The number of nitrogens with one attached hydrogen (secondary N) is 1. The minimum Gasteiger partial charge on any atom is -0.373 e. The number of halogens is 1. The number of nitrogens with zero attached hydrogens (tertiary/aromatic N) is 2. The maximum Gasteiger partial charge on any atom is 0.141 e. The van der Waals surface area contributed by atoms with E-state index in [2.05, 4.69) is 76.3 Å². The van der Waals surface area contributed by atoms with Crippen LogP contribution in [0.2, 0.25) is 0 Å². The van der Waals surface area contributed by atoms with E-state index in [9.17, 15) is 0 Å². The van der Waals surface area contributed by atoms with E-state index in [1.165, 1.54) is 10.5 Å². The summed E-state index contributed by atoms with van der Waals surface area (Å²) < 4.78 is 1.10. The van der Waals surface area contributed by atoms with E-state index in [1.807, 2.05) is 7.05 Å². The molecule has 0 radical (unpaired) electrons. The molecule has 0 amide bonds. The van der Waals surface area contributed by atoms with Gasteiger partial charge in [0.2, 0.25) is 0 Å². The van der Waals surface area contributed by atoms with Crippen LogP contribution in [-0.2, 0) is 5.75 Å². The molecule has 0 aliphatic carbocycles. The lowest BCUT2D eigenvalue weighted by molar-refractivity contribution is 0.821. The normalized spacial score (nSPS) is 11.0. The SMILES string of the molecule is CNc1nc(CSc2ccc(Br)cc2)nc(C)c1C(C)C. The van der Waals surface area contributed by atoms with Crippen LogP contribution in [-0.4, -0.2) is 17.0 Å². The first-order valence-electron chi connectivity index (χ1n) is 6.94. The number of hydrogen-bond donors (Lipinski definition) is 1. The van der Waals surface area contributed by atoms with Gasteiger partial charge < -0.3 is 5.32 Å². The molecular formula is C16H20BrN3S. The summed E-state index contributed by atoms with van der Waals surface area (Å²) in [4.78, 5) is 10.5. The predicted octanol–water partition coefficient (Wildman–Crippen LogP) is 5.00. The number of aromatic nitrogens is 2. The van der Waals surface area contributed by atoms with Gasteiger partial charge in [-0.25, -0.2) is 9.97 Å². The molecule has 2 aromatic rings. The van der Waals surface area contributed by atoms with Crippen LogP contribution >= 0.6 is 27.7 Å². The van der Waals surface area contributed by atoms with Gasteiger partial charge in [0.15, 0.2) is 0 Å². The molecule has 1 heterocycles. The van der Waals surface area contributed by atoms with Crippen molar-refractivity contribution >= 4 is 33.5 Å². The second-order valence-electron chi connectivity index (χ2n) is 5.13. The van der Waals surface area contributed by atoms with Crippen molar-refractivity contribution in [3.63, 3.8) is 0 Å². The largest absolute Gasteiger partial charge is 0.373 e. The van der Waals surface area contributed by atoms with Crippen molar-refractivity contribution in [2.45, 2.75) is 37.3 Å². The van der Waals surface area contributed by atoms with E-state index in [0.717, 1.165) is 27.6 Å². The van der Waals surface area contributed by atoms with Crippen LogP contribution in [0.4, 0.5) is 5.82 Å². The van der Waals surface area contributed by atoms with Gasteiger partial charge in [-0.1, -0.05) is 29.8 Å². The summed E-state index contributed by atoms with van der Waals surface area (Å²) in [6.07, 6.45) is 0. The van der Waals surface area contributed by atoms with Gasteiger partial charge in [0.1, 0.15) is 11.6 Å². The van der Waals surface area contributed by atoms with Gasteiger partial charge >= 0.3 is 0 Å². The Morgan fingerprint density at radius 3 is 2.43 bits per heavy atom. The number of hydrogen-bond acceptors (Lipinski definition) is 4. The molecule has 3 nitrogen and oxygen atoms in total. The maximum absolute atomic E-state index is 4.65. The first-order valence-corrected chi connectivity index (χ1v) is 8.72. The Labute approximate surface area is 139 Å². The Balaban J connectivity index is 2.17. The molecule has 5 heteroatoms. The Morgan fingerprint density at radius 2 is 1.86 bits per heavy atom. The molecule has 0 aliphatic heterocycles. The zero-order chi connectivity index (χ0) is 15.4. The summed E-state index contributed by atoms with van der Waals surface area (Å²) in [5, 5.41) is 3.20. The third-order valence-electron chi connectivity index (χ3n) is 3.18. The van der Waals surface area contributed by atoms with Gasteiger partial charge in [-0.3, -0.25) is 0 Å². The van der Waals surface area contributed by atoms with Crippen LogP contribution in [0, 0.1) is 6.92 Å². The highest BCUT2D eigenvalue weighted by Gasteiger charge is 2.13. The van der Waals surface area contributed by atoms with E-state index >= 15 is 0 Å². The number of aryl methyl sites for hydroxylation is 1. The number of benzene rings is 1. The Kier molecular flexibility index (Phi) is 5.65. The lowest BCUT2D eigenvalue weighted by Gasteiger charge is -2.15. The van der Waals surface area contributed by atoms with Crippen molar-refractivity contribution in [2.24, 2.45) is 0 Å². The van der Waals surface area contributed by atoms with Crippen LogP contribution in [0.5, 0.6) is 0 Å². The molecule has 1 aromatic heterocycles. The third kappa shape index (κ3) is 4.20. The first-order chi connectivity index (χ1) is 10.0. The molecule has 0 saturated heterocycles. The quantitative estimate of drug-likeness (QED) is 0.756. The molecule has 1 aromatic carbocycles. The summed E-state index contributed by atoms with van der Waals surface area (Å²) >= 11 is 5.20. The Hall–Kier alpha value is -1.07. The van der Waals surface area contributed by atoms with E-state index in [-0.39, 0.29) is 0 Å². The molecule has 2 rings (SSSR count). The van der Waals surface area contributed by atoms with Crippen molar-refractivity contribution in [1.29, 1.82) is 0 Å². The maximum atomic E-state index is 4.65. The van der Waals surface area contributed by atoms with E-state index in [4.69, 9.17) is 0 Å². The average Bonchev–Trinajstić information content (AvgIpc) is 2.45. The standard InChI is InChI=1S/C16H20BrN3S/c1-10(2)15-11(3)19-14(20-16(15)18-4)9-21-13-7-5-12(17)6-8-13/h5-8,10H,9H2,1-4H3,(H,18,19,20). The molecule has 0 spiro atoms. The highest BCUT2D eigenvalue weighted by atomic mass is 79.9. The summed E-state index contributed by atoms with van der Waals surface area (Å²) in [5.41, 5.74) is 2.27. The molecule has 0 saturated carbocycles. The van der Waals surface area contributed by atoms with Crippen LogP contribution < -0.4 is 5.32 Å². The van der Waals surface area contributed by atoms with Crippen LogP contribution in [0.1, 0.15) is 36.8 Å². The van der Waals surface area contributed by atoms with Crippen molar-refractivity contribution in [1.82, 2.24) is 9.97 Å². The zero-order valence-corrected chi connectivity index (χ0v) is 15.2. The monoisotopic (exact) mass is 365 g/mol. The fourth-order valence-electron chi connectivity index (χ4n) is 2.26. The van der Waals surface area contributed by atoms with Crippen molar-refractivity contribution in [3.8, 4) is 0 Å². The molecule has 0 aliphatic rings. The van der Waals surface area contributed by atoms with Crippen LogP contribution in [0.15, 0.2) is 33.6 Å². The molecule has 0 unspecified atom stereocenters. The lowest BCUT2D eigenvalue weighted by Crippen LogP contribution is -2.08. The fraction of sp³-hybridized carbons (Fsp3) is 0.375. The minimum absolute atomic E-state index is 0.417. The Morgan fingerprint density at radius 1 is 1.19 bits per heavy atom. The topological polar surface area (TPSA) is 37.8 Å². The predicted molar refractivity (Wildman–Crippen MR) is 94.1 cm³/mol. The zero-order valence-electron chi connectivity index (χ0n) is 12.8. The van der Waals surface area contributed by atoms with Crippen LogP contribution in [0.25, 0.3) is 0 Å². The first kappa shape index (κ1) is 16.3. The van der Waals surface area contributed by atoms with E-state index in [1.54, 1.807) is 11.8 Å². The van der Waals surface area contributed by atoms with Crippen LogP contribution in [0.3, 0.4) is 0 Å². The smallest absolute Gasteiger partial charge is 0.141 e. The van der Waals surface area contributed by atoms with Crippen molar-refractivity contribution < 1.29 is 0 Å². The summed E-state index contributed by atoms with van der Waals surface area (Å²) in [6.45, 7) is 6.40. The minimum atomic E-state index is 0.417. The van der Waals surface area contributed by atoms with Gasteiger partial charge in [-0.05, 0) is 37.1 Å². The van der Waals surface area contributed by atoms with E-state index < -0.39 is 0 Å².